The van der Waals surface area contributed by atoms with Gasteiger partial charge >= 0.3 is 219 Å². The Morgan fingerprint density at radius 3 is 2.66 bits per heavy atom. The van der Waals surface area contributed by atoms with Crippen LogP contribution in [-0.2, 0) is 0 Å². The predicted molar refractivity (Wildman–Crippen MR) is 161 cm³/mol. The van der Waals surface area contributed by atoms with Crippen LogP contribution in [0.25, 0.3) is 10.4 Å². The number of thiophene rings is 1. The Kier molecular flexibility index (Phi) is 11.1. The summed E-state index contributed by atoms with van der Waals surface area (Å²) in [5, 5.41) is 15.7. The molecule has 3 amide bonds. The van der Waals surface area contributed by atoms with Crippen LogP contribution in [0.15, 0.2) is 48.9 Å². The van der Waals surface area contributed by atoms with E-state index in [1.54, 1.807) is 24.7 Å². The van der Waals surface area contributed by atoms with E-state index in [0.29, 0.717) is 41.0 Å². The number of carbonyl (C=O) groups excluding carboxylic acids is 2. The average molecular weight is 643 g/mol. The van der Waals surface area contributed by atoms with Crippen molar-refractivity contribution in [3.8, 4) is 16.2 Å². The van der Waals surface area contributed by atoms with E-state index in [2.05, 4.69) is 39.3 Å². The van der Waals surface area contributed by atoms with Crippen molar-refractivity contribution >= 4 is 53.3 Å². The third-order valence-electron chi connectivity index (χ3n) is 6.75. The molecule has 4 rings (SSSR count). The molecular formula is C28H35AsN6O5S. The first-order valence-corrected chi connectivity index (χ1v) is 16.5. The van der Waals surface area contributed by atoms with Crippen molar-refractivity contribution in [2.75, 3.05) is 44.6 Å². The van der Waals surface area contributed by atoms with Crippen molar-refractivity contribution in [3.05, 3.63) is 54.5 Å². The summed E-state index contributed by atoms with van der Waals surface area (Å²) in [6.07, 6.45) is 5.04. The minimum atomic E-state index is -1.29. The standard InChI is InChI=1S/C28H35AsN6O5S/c1-3-34(4-2)14-15-40-21-9-7-19(8-10-21)23-16-22(25(36)32-20-6-5-13-35(18-20)28(38)39)26(41-23)33-27(37)29-24-17-30-11-12-31-24/h7-12,16-17,20,29H,3-6,13-15,18H2,1-2H3,(H,32,36)(H,33,37)(H,38,39). The summed E-state index contributed by atoms with van der Waals surface area (Å²) >= 11 is 0.0338. The molecule has 2 aromatic heterocycles. The van der Waals surface area contributed by atoms with Gasteiger partial charge in [0.1, 0.15) is 0 Å². The number of aromatic nitrogens is 2. The van der Waals surface area contributed by atoms with Gasteiger partial charge in [-0.1, -0.05) is 13.8 Å². The first kappa shape index (κ1) is 30.5. The van der Waals surface area contributed by atoms with E-state index in [-0.39, 0.29) is 23.2 Å². The Morgan fingerprint density at radius 1 is 1.20 bits per heavy atom. The normalized spacial score (nSPS) is 15.3. The summed E-state index contributed by atoms with van der Waals surface area (Å²) in [7, 11) is 0. The van der Waals surface area contributed by atoms with E-state index in [1.807, 2.05) is 24.3 Å². The summed E-state index contributed by atoms with van der Waals surface area (Å²) in [6, 6.07) is 9.14. The van der Waals surface area contributed by atoms with Crippen LogP contribution in [0.1, 0.15) is 37.0 Å². The molecule has 0 bridgehead atoms. The topological polar surface area (TPSA) is 137 Å². The second-order valence-electron chi connectivity index (χ2n) is 9.46. The van der Waals surface area contributed by atoms with Crippen LogP contribution < -0.4 is 19.9 Å². The van der Waals surface area contributed by atoms with Crippen LogP contribution in [0.5, 0.6) is 5.75 Å². The van der Waals surface area contributed by atoms with Crippen LogP contribution in [0.4, 0.5) is 14.6 Å². The van der Waals surface area contributed by atoms with E-state index in [1.165, 1.54) is 16.2 Å². The van der Waals surface area contributed by atoms with Gasteiger partial charge in [0.05, 0.1) is 0 Å². The molecule has 0 aliphatic carbocycles. The summed E-state index contributed by atoms with van der Waals surface area (Å²) in [6.45, 7) is 8.34. The Hall–Kier alpha value is -3.47. The fourth-order valence-corrected chi connectivity index (χ4v) is 7.20. The van der Waals surface area contributed by atoms with Crippen LogP contribution in [0, 0.1) is 0 Å². The average Bonchev–Trinajstić information content (AvgIpc) is 3.40. The fraction of sp³-hybridized carbons (Fsp3) is 0.393. The first-order valence-electron chi connectivity index (χ1n) is 13.6. The van der Waals surface area contributed by atoms with Gasteiger partial charge in [-0.05, 0) is 13.1 Å². The van der Waals surface area contributed by atoms with E-state index < -0.39 is 21.8 Å². The number of hydrogen-bond donors (Lipinski definition) is 3. The molecule has 2 unspecified atom stereocenters. The molecule has 3 N–H and O–H groups in total. The molecule has 1 saturated heterocycles. The third-order valence-corrected chi connectivity index (χ3v) is 9.66. The zero-order valence-electron chi connectivity index (χ0n) is 23.1. The van der Waals surface area contributed by atoms with Crippen LogP contribution in [0.2, 0.25) is 0 Å². The zero-order valence-corrected chi connectivity index (χ0v) is 26.0. The second kappa shape index (κ2) is 15.0. The van der Waals surface area contributed by atoms with Gasteiger partial charge in [-0.15, -0.1) is 0 Å². The molecule has 13 heteroatoms. The van der Waals surface area contributed by atoms with Crippen molar-refractivity contribution in [2.45, 2.75) is 32.7 Å². The fourth-order valence-electron chi connectivity index (χ4n) is 4.49. The molecule has 0 radical (unpaired) electrons. The Bertz CT molecular complexity index is 1320. The number of anilines is 1. The quantitative estimate of drug-likeness (QED) is 0.257. The molecule has 218 valence electrons. The van der Waals surface area contributed by atoms with Crippen molar-refractivity contribution in [1.82, 2.24) is 25.1 Å². The molecule has 41 heavy (non-hydrogen) atoms. The number of rotatable bonds is 12. The number of carbonyl (C=O) groups is 3. The molecule has 1 aliphatic heterocycles. The van der Waals surface area contributed by atoms with Crippen molar-refractivity contribution in [1.29, 1.82) is 0 Å². The summed E-state index contributed by atoms with van der Waals surface area (Å²) in [5.74, 6) is 0.412. The van der Waals surface area contributed by atoms with Gasteiger partial charge in [0.25, 0.3) is 0 Å². The molecule has 0 saturated carbocycles. The van der Waals surface area contributed by atoms with Gasteiger partial charge in [-0.2, -0.15) is 0 Å². The molecule has 3 heterocycles. The zero-order chi connectivity index (χ0) is 29.2. The molecule has 1 fully saturated rings. The van der Waals surface area contributed by atoms with Crippen LogP contribution in [0.3, 0.4) is 0 Å². The van der Waals surface area contributed by atoms with Crippen LogP contribution in [-0.4, -0.2) is 103 Å². The molecule has 11 nitrogen and oxygen atoms in total. The summed E-state index contributed by atoms with van der Waals surface area (Å²) in [4.78, 5) is 50.4. The van der Waals surface area contributed by atoms with Gasteiger partial charge < -0.3 is 4.90 Å². The van der Waals surface area contributed by atoms with E-state index in [0.717, 1.165) is 35.8 Å². The summed E-state index contributed by atoms with van der Waals surface area (Å²) in [5.41, 5.74) is 1.23. The maximum absolute atomic E-state index is 13.4. The van der Waals surface area contributed by atoms with Crippen LogP contribution >= 0.6 is 11.3 Å². The number of piperidine rings is 1. The molecule has 3 aromatic rings. The third kappa shape index (κ3) is 8.76. The second-order valence-corrected chi connectivity index (χ2v) is 13.1. The van der Waals surface area contributed by atoms with Crippen molar-refractivity contribution < 1.29 is 24.2 Å². The number of benzene rings is 1. The molecular weight excluding hydrogens is 607 g/mol. The Morgan fingerprint density at radius 2 is 1.98 bits per heavy atom. The monoisotopic (exact) mass is 642 g/mol. The van der Waals surface area contributed by atoms with Gasteiger partial charge in [0, 0.05) is 0 Å². The number of nitrogens with one attached hydrogen (secondary N) is 2. The maximum atomic E-state index is 13.4. The van der Waals surface area contributed by atoms with Gasteiger partial charge in [-0.3, -0.25) is 0 Å². The molecule has 1 aliphatic rings. The van der Waals surface area contributed by atoms with E-state index in [4.69, 9.17) is 4.74 Å². The van der Waals surface area contributed by atoms with Crippen molar-refractivity contribution in [3.63, 3.8) is 0 Å². The predicted octanol–water partition coefficient (Wildman–Crippen LogP) is 3.09. The van der Waals surface area contributed by atoms with Crippen molar-refractivity contribution in [2.24, 2.45) is 0 Å². The number of amides is 3. The number of carboxylic acid groups (broad SMARTS) is 1. The first-order chi connectivity index (χ1) is 19.9. The molecule has 0 spiro atoms. The SMILES string of the molecule is CCN(CC)CCOc1ccc(-c2cc(C(=O)NC3CCCN(C(=O)O)C3)c(NC(=O)[AsH]c3cnccn3)s2)cc1. The molecule has 1 aromatic carbocycles. The number of ether oxygens (including phenoxy) is 1. The number of hydrogen-bond acceptors (Lipinski definition) is 8. The van der Waals surface area contributed by atoms with E-state index in [9.17, 15) is 19.5 Å². The Labute approximate surface area is 250 Å². The number of nitrogens with zero attached hydrogens (tertiary/aromatic N) is 4. The van der Waals surface area contributed by atoms with Gasteiger partial charge in [0.15, 0.2) is 0 Å². The van der Waals surface area contributed by atoms with E-state index >= 15 is 0 Å². The van der Waals surface area contributed by atoms with Gasteiger partial charge in [0.2, 0.25) is 0 Å². The van der Waals surface area contributed by atoms with Gasteiger partial charge in [-0.25, -0.2) is 0 Å². The number of likely N-dealkylation sites (N-methyl/N-ethyl adjacent to an activating group) is 1. The molecule has 2 atom stereocenters. The number of likely N-dealkylation sites (tertiary alicyclic amines) is 1. The minimum absolute atomic E-state index is 0.195. The summed E-state index contributed by atoms with van der Waals surface area (Å²) < 4.78 is 6.35. The Balaban J connectivity index is 1.50.